The Morgan fingerprint density at radius 3 is 2.28 bits per heavy atom. The third-order valence-corrected chi connectivity index (χ3v) is 14.6. The number of ether oxygens (including phenoxy) is 2. The van der Waals surface area contributed by atoms with Crippen LogP contribution in [0.1, 0.15) is 95.5 Å². The zero-order chi connectivity index (χ0) is 47.7. The maximum Gasteiger partial charge on any atom is 0.262 e. The average Bonchev–Trinajstić information content (AvgIpc) is 3.57. The van der Waals surface area contributed by atoms with Crippen LogP contribution in [0.4, 0.5) is 11.6 Å². The van der Waals surface area contributed by atoms with Gasteiger partial charge in [-0.15, -0.1) is 11.6 Å². The molecule has 5 aliphatic rings. The average molecular weight is 963 g/mol. The lowest BCUT2D eigenvalue weighted by Gasteiger charge is -2.50. The quantitative estimate of drug-likeness (QED) is 0.112. The normalized spacial score (nSPS) is 19.9. The number of halogens is 2. The number of fused-ring (bicyclic) bond motifs is 1. The second-order valence-corrected chi connectivity index (χ2v) is 19.4. The van der Waals surface area contributed by atoms with Gasteiger partial charge in [0.05, 0.1) is 33.3 Å². The number of amides is 5. The van der Waals surface area contributed by atoms with Crippen LogP contribution in [-0.4, -0.2) is 124 Å². The predicted molar refractivity (Wildman–Crippen MR) is 254 cm³/mol. The number of hydrogen-bond donors (Lipinski definition) is 2. The van der Waals surface area contributed by atoms with E-state index >= 15 is 0 Å². The summed E-state index contributed by atoms with van der Waals surface area (Å²) in [5.41, 5.74) is 3.82. The van der Waals surface area contributed by atoms with E-state index in [0.29, 0.717) is 45.4 Å². The number of alkyl halides is 1. The molecule has 18 heteroatoms. The third kappa shape index (κ3) is 9.62. The van der Waals surface area contributed by atoms with E-state index in [1.165, 1.54) is 0 Å². The van der Waals surface area contributed by atoms with Crippen LogP contribution >= 0.6 is 23.2 Å². The molecule has 6 heterocycles. The molecule has 0 radical (unpaired) electrons. The lowest BCUT2D eigenvalue weighted by Crippen LogP contribution is -2.62. The Balaban J connectivity index is 0.699. The number of nitriles is 1. The van der Waals surface area contributed by atoms with Crippen LogP contribution in [-0.2, 0) is 26.4 Å². The second kappa shape index (κ2) is 19.8. The Bertz CT molecular complexity index is 2650. The van der Waals surface area contributed by atoms with E-state index in [0.717, 1.165) is 86.7 Å². The third-order valence-electron chi connectivity index (χ3n) is 14.2. The van der Waals surface area contributed by atoms with Crippen molar-refractivity contribution in [3.05, 3.63) is 105 Å². The molecule has 2 N–H and O–H groups in total. The van der Waals surface area contributed by atoms with Crippen LogP contribution in [0.15, 0.2) is 66.9 Å². The minimum atomic E-state index is -0.982. The lowest BCUT2D eigenvalue weighted by molar-refractivity contribution is -0.136. The fourth-order valence-electron chi connectivity index (χ4n) is 10.1. The number of hydrogen-bond acceptors (Lipinski definition) is 13. The van der Waals surface area contributed by atoms with Gasteiger partial charge in [0.1, 0.15) is 31.1 Å². The van der Waals surface area contributed by atoms with Gasteiger partial charge in [0, 0.05) is 67.9 Å². The monoisotopic (exact) mass is 961 g/mol. The number of aromatic nitrogens is 2. The van der Waals surface area contributed by atoms with Crippen molar-refractivity contribution in [3.8, 4) is 17.6 Å². The number of anilines is 2. The molecule has 0 aliphatic carbocycles. The van der Waals surface area contributed by atoms with Gasteiger partial charge in [-0.3, -0.25) is 44.4 Å². The molecule has 5 aliphatic heterocycles. The van der Waals surface area contributed by atoms with E-state index in [1.807, 2.05) is 36.4 Å². The molecule has 68 heavy (non-hydrogen) atoms. The Labute approximate surface area is 404 Å². The molecule has 1 unspecified atom stereocenters. The van der Waals surface area contributed by atoms with Crippen molar-refractivity contribution in [2.75, 3.05) is 62.0 Å². The molecule has 0 spiro atoms. The zero-order valence-electron chi connectivity index (χ0n) is 38.0. The summed E-state index contributed by atoms with van der Waals surface area (Å²) in [5.74, 6) is -0.687. The molecular weight excluding hydrogens is 910 g/mol. The van der Waals surface area contributed by atoms with Gasteiger partial charge in [-0.2, -0.15) is 5.26 Å². The number of likely N-dealkylation sites (tertiary alicyclic amines) is 2. The summed E-state index contributed by atoms with van der Waals surface area (Å²) in [6.45, 7) is 9.89. The number of nitrogens with one attached hydrogen (secondary N) is 2. The van der Waals surface area contributed by atoms with Gasteiger partial charge in [-0.05, 0) is 105 Å². The van der Waals surface area contributed by atoms with Crippen LogP contribution in [0.25, 0.3) is 0 Å². The molecular formula is C50H53Cl2N9O7. The van der Waals surface area contributed by atoms with E-state index in [9.17, 15) is 29.2 Å². The van der Waals surface area contributed by atoms with Crippen LogP contribution < -0.4 is 25.0 Å². The number of nitrogens with zero attached hydrogens (tertiary/aromatic N) is 7. The van der Waals surface area contributed by atoms with Crippen molar-refractivity contribution in [2.24, 2.45) is 5.92 Å². The first-order valence-corrected chi connectivity index (χ1v) is 24.1. The predicted octanol–water partition coefficient (Wildman–Crippen LogP) is 5.93. The van der Waals surface area contributed by atoms with Crippen molar-refractivity contribution in [3.63, 3.8) is 0 Å². The number of imide groups is 2. The van der Waals surface area contributed by atoms with E-state index < -0.39 is 35.1 Å². The Morgan fingerprint density at radius 1 is 0.868 bits per heavy atom. The highest BCUT2D eigenvalue weighted by Crippen LogP contribution is 2.39. The molecule has 4 aromatic rings. The van der Waals surface area contributed by atoms with Crippen molar-refractivity contribution in [1.82, 2.24) is 30.0 Å². The van der Waals surface area contributed by atoms with E-state index in [2.05, 4.69) is 55.2 Å². The Kier molecular flexibility index (Phi) is 13.7. The minimum absolute atomic E-state index is 0.0724. The highest BCUT2D eigenvalue weighted by Gasteiger charge is 2.45. The first-order chi connectivity index (χ1) is 32.8. The fraction of sp³-hybridized carbons (Fsp3) is 0.440. The van der Waals surface area contributed by atoms with E-state index in [-0.39, 0.29) is 55.3 Å². The molecule has 3 aromatic carbocycles. The molecule has 4 saturated heterocycles. The van der Waals surface area contributed by atoms with Crippen molar-refractivity contribution in [2.45, 2.75) is 82.5 Å². The zero-order valence-corrected chi connectivity index (χ0v) is 39.5. The first-order valence-electron chi connectivity index (χ1n) is 23.2. The maximum absolute atomic E-state index is 13.4. The molecule has 4 fully saturated rings. The van der Waals surface area contributed by atoms with Gasteiger partial charge in [0.15, 0.2) is 5.75 Å². The van der Waals surface area contributed by atoms with Crippen molar-refractivity contribution < 1.29 is 33.4 Å². The van der Waals surface area contributed by atoms with Gasteiger partial charge < -0.3 is 19.3 Å². The van der Waals surface area contributed by atoms with Gasteiger partial charge in [0.2, 0.25) is 23.7 Å². The van der Waals surface area contributed by atoms with Crippen LogP contribution in [0.5, 0.6) is 11.5 Å². The number of carbonyl (C=O) groups excluding carboxylic acids is 5. The smallest absolute Gasteiger partial charge is 0.262 e. The molecule has 0 bridgehead atoms. The minimum Gasteiger partial charge on any atom is -0.489 e. The molecule has 0 saturated carbocycles. The summed E-state index contributed by atoms with van der Waals surface area (Å²) in [5, 5.41) is 15.3. The Morgan fingerprint density at radius 2 is 1.57 bits per heavy atom. The van der Waals surface area contributed by atoms with Gasteiger partial charge in [-0.1, -0.05) is 37.6 Å². The fourth-order valence-corrected chi connectivity index (χ4v) is 10.4. The highest BCUT2D eigenvalue weighted by atomic mass is 35.5. The lowest BCUT2D eigenvalue weighted by atomic mass is 9.77. The molecule has 9 rings (SSSR count). The topological polar surface area (TPSA) is 190 Å². The number of rotatable bonds is 14. The summed E-state index contributed by atoms with van der Waals surface area (Å²) in [6, 6.07) is 20.5. The summed E-state index contributed by atoms with van der Waals surface area (Å²) in [6.07, 6.45) is 5.48. The van der Waals surface area contributed by atoms with Crippen molar-refractivity contribution in [1.29, 1.82) is 5.26 Å². The van der Waals surface area contributed by atoms with Crippen LogP contribution in [0.3, 0.4) is 0 Å². The van der Waals surface area contributed by atoms with Gasteiger partial charge >= 0.3 is 0 Å². The van der Waals surface area contributed by atoms with Gasteiger partial charge in [0.25, 0.3) is 11.8 Å². The summed E-state index contributed by atoms with van der Waals surface area (Å²) < 4.78 is 11.7. The number of carbonyl (C=O) groups is 5. The maximum atomic E-state index is 13.4. The molecule has 1 aromatic heterocycles. The second-order valence-electron chi connectivity index (χ2n) is 18.6. The molecule has 1 atom stereocenters. The van der Waals surface area contributed by atoms with Crippen LogP contribution in [0, 0.1) is 17.2 Å². The molecule has 5 amide bonds. The standard InChI is InChI=1S/C50H53Cl2N9O7/c1-50(2,33-23-31(26-53)44(41(52)24-33)67-22-16-51)32-3-6-38(7-4-32)68-29-34-11-17-54-49(55-34)57-45(63)30-12-18-58(19-13-30)35-14-20-59(21-15-35)37-27-60(28-37)36-5-8-39-40(25-36)48(66)61(47(39)65)42-9-10-43(62)56-46(42)64/h3-8,11,17,23-25,30,35,37,42H,9-10,12-16,18-22,27-29H2,1-2H3,(H,56,62,64)(H,54,55,57,63). The number of benzene rings is 3. The SMILES string of the molecule is CC(C)(c1ccc(OCc2ccnc(NC(=O)C3CCN(C4CCN(C5CN(c6ccc7c(c6)C(=O)N(C6CCC(=O)NC6=O)C7=O)C5)CC4)CC3)n2)cc1)c1cc(Cl)c(OCCCl)c(C#N)c1. The van der Waals surface area contributed by atoms with Crippen LogP contribution in [0.2, 0.25) is 5.02 Å². The largest absolute Gasteiger partial charge is 0.489 e. The summed E-state index contributed by atoms with van der Waals surface area (Å²) in [4.78, 5) is 81.1. The Hall–Kier alpha value is -6.12. The molecule has 354 valence electrons. The summed E-state index contributed by atoms with van der Waals surface area (Å²) in [7, 11) is 0. The highest BCUT2D eigenvalue weighted by molar-refractivity contribution is 6.32. The van der Waals surface area contributed by atoms with Crippen molar-refractivity contribution >= 4 is 64.4 Å². The number of piperidine rings is 3. The van der Waals surface area contributed by atoms with Gasteiger partial charge in [-0.25, -0.2) is 9.97 Å². The summed E-state index contributed by atoms with van der Waals surface area (Å²) >= 11 is 12.3. The van der Waals surface area contributed by atoms with E-state index in [4.69, 9.17) is 32.7 Å². The molecule has 16 nitrogen and oxygen atoms in total. The first kappa shape index (κ1) is 47.0. The van der Waals surface area contributed by atoms with E-state index in [1.54, 1.807) is 30.5 Å².